The number of aliphatic carboxylic acids is 1. The number of ether oxygens (including phenoxy) is 1. The SMILES string of the molecule is CC(=O)NCCCOc1cc(/C=C/C(=O)O)ccc1-c1ccc(O)c(C23CC4CC(CC(C4)C2)C3)c1. The lowest BCUT2D eigenvalue weighted by Gasteiger charge is -2.57. The van der Waals surface area contributed by atoms with Crippen LogP contribution in [0, 0.1) is 17.8 Å². The van der Waals surface area contributed by atoms with Gasteiger partial charge in [-0.15, -0.1) is 0 Å². The first-order valence-corrected chi connectivity index (χ1v) is 13.1. The number of hydrogen-bond donors (Lipinski definition) is 3. The second kappa shape index (κ2) is 10.00. The molecule has 6 rings (SSSR count). The first kappa shape index (κ1) is 24.4. The van der Waals surface area contributed by atoms with E-state index in [0.29, 0.717) is 31.1 Å². The molecule has 36 heavy (non-hydrogen) atoms. The van der Waals surface area contributed by atoms with Crippen LogP contribution in [-0.4, -0.2) is 35.2 Å². The van der Waals surface area contributed by atoms with Crippen LogP contribution in [0.1, 0.15) is 63.0 Å². The molecule has 4 saturated carbocycles. The Balaban J connectivity index is 1.45. The molecule has 0 saturated heterocycles. The summed E-state index contributed by atoms with van der Waals surface area (Å²) in [5.74, 6) is 2.31. The normalized spacial score (nSPS) is 26.3. The number of carbonyl (C=O) groups excluding carboxylic acids is 1. The molecule has 0 aromatic heterocycles. The van der Waals surface area contributed by atoms with Crippen molar-refractivity contribution < 1.29 is 24.5 Å². The molecule has 6 heteroatoms. The minimum atomic E-state index is -1.00. The first-order chi connectivity index (χ1) is 17.3. The van der Waals surface area contributed by atoms with Gasteiger partial charge in [0.15, 0.2) is 0 Å². The predicted octanol–water partition coefficient (Wildman–Crippen LogP) is 5.53. The number of carboxylic acid groups (broad SMARTS) is 1. The Bertz CT molecular complexity index is 1150. The van der Waals surface area contributed by atoms with Crippen molar-refractivity contribution in [2.75, 3.05) is 13.2 Å². The van der Waals surface area contributed by atoms with Gasteiger partial charge in [-0.1, -0.05) is 18.2 Å². The molecule has 6 nitrogen and oxygen atoms in total. The number of amides is 1. The Morgan fingerprint density at radius 2 is 1.75 bits per heavy atom. The fourth-order valence-corrected chi connectivity index (χ4v) is 7.26. The van der Waals surface area contributed by atoms with Crippen LogP contribution in [-0.2, 0) is 15.0 Å². The lowest BCUT2D eigenvalue weighted by molar-refractivity contribution is -0.131. The molecule has 1 amide bonds. The fourth-order valence-electron chi connectivity index (χ4n) is 7.26. The van der Waals surface area contributed by atoms with Crippen molar-refractivity contribution in [1.82, 2.24) is 5.32 Å². The summed E-state index contributed by atoms with van der Waals surface area (Å²) < 4.78 is 6.15. The second-order valence-electron chi connectivity index (χ2n) is 11.0. The molecule has 4 aliphatic rings. The molecule has 0 unspecified atom stereocenters. The standard InChI is InChI=1S/C30H35NO5/c1-19(32)31-9-2-10-36-28-14-20(4-8-29(34)35)3-6-25(28)24-5-7-27(33)26(15-24)30-16-21-11-22(17-30)13-23(12-21)18-30/h3-8,14-15,21-23,33H,2,9-13,16-18H2,1H3,(H,31,32)(H,34,35)/b8-4+. The molecule has 3 N–H and O–H groups in total. The monoisotopic (exact) mass is 489 g/mol. The maximum atomic E-state index is 11.1. The molecule has 2 aromatic carbocycles. The topological polar surface area (TPSA) is 95.9 Å². The number of hydrogen-bond acceptors (Lipinski definition) is 4. The zero-order chi connectivity index (χ0) is 25.3. The van der Waals surface area contributed by atoms with E-state index in [1.54, 1.807) is 6.08 Å². The van der Waals surface area contributed by atoms with Crippen LogP contribution in [0.25, 0.3) is 17.2 Å². The quantitative estimate of drug-likeness (QED) is 0.318. The van der Waals surface area contributed by atoms with E-state index in [1.165, 1.54) is 45.4 Å². The molecular weight excluding hydrogens is 454 g/mol. The van der Waals surface area contributed by atoms with E-state index in [1.807, 2.05) is 30.3 Å². The van der Waals surface area contributed by atoms with Gasteiger partial charge in [0.25, 0.3) is 0 Å². The number of phenols is 1. The summed E-state index contributed by atoms with van der Waals surface area (Å²) >= 11 is 0. The van der Waals surface area contributed by atoms with Crippen molar-refractivity contribution in [3.05, 3.63) is 53.6 Å². The Labute approximate surface area is 212 Å². The molecule has 0 aliphatic heterocycles. The summed E-state index contributed by atoms with van der Waals surface area (Å²) in [5.41, 5.74) is 3.78. The van der Waals surface area contributed by atoms with Gasteiger partial charge in [0, 0.05) is 30.7 Å². The number of phenolic OH excluding ortho intramolecular Hbond substituents is 1. The lowest BCUT2D eigenvalue weighted by atomic mass is 9.48. The summed E-state index contributed by atoms with van der Waals surface area (Å²) in [6.45, 7) is 2.43. The van der Waals surface area contributed by atoms with Crippen LogP contribution in [0.5, 0.6) is 11.5 Å². The van der Waals surface area contributed by atoms with Crippen LogP contribution in [0.15, 0.2) is 42.5 Å². The molecule has 4 bridgehead atoms. The van der Waals surface area contributed by atoms with E-state index in [2.05, 4.69) is 11.4 Å². The van der Waals surface area contributed by atoms with Gasteiger partial charge in [-0.25, -0.2) is 4.79 Å². The maximum Gasteiger partial charge on any atom is 0.328 e. The van der Waals surface area contributed by atoms with Crippen molar-refractivity contribution in [3.63, 3.8) is 0 Å². The minimum absolute atomic E-state index is 0.0678. The highest BCUT2D eigenvalue weighted by molar-refractivity contribution is 5.86. The van der Waals surface area contributed by atoms with E-state index in [-0.39, 0.29) is 11.3 Å². The molecule has 4 fully saturated rings. The number of nitrogens with one attached hydrogen (secondary N) is 1. The number of carbonyl (C=O) groups is 2. The molecular formula is C30H35NO5. The van der Waals surface area contributed by atoms with Crippen LogP contribution in [0.3, 0.4) is 0 Å². The summed E-state index contributed by atoms with van der Waals surface area (Å²) in [7, 11) is 0. The van der Waals surface area contributed by atoms with Gasteiger partial charge < -0.3 is 20.3 Å². The Morgan fingerprint density at radius 1 is 1.06 bits per heavy atom. The lowest BCUT2D eigenvalue weighted by Crippen LogP contribution is -2.48. The molecule has 0 spiro atoms. The third-order valence-corrected chi connectivity index (χ3v) is 8.29. The molecule has 2 aromatic rings. The van der Waals surface area contributed by atoms with Gasteiger partial charge in [0.05, 0.1) is 6.61 Å². The molecule has 0 heterocycles. The molecule has 0 radical (unpaired) electrons. The minimum Gasteiger partial charge on any atom is -0.508 e. The number of carboxylic acids is 1. The number of rotatable bonds is 9. The first-order valence-electron chi connectivity index (χ1n) is 13.1. The zero-order valence-electron chi connectivity index (χ0n) is 20.8. The van der Waals surface area contributed by atoms with E-state index >= 15 is 0 Å². The van der Waals surface area contributed by atoms with Crippen molar-refractivity contribution in [1.29, 1.82) is 0 Å². The van der Waals surface area contributed by atoms with Crippen molar-refractivity contribution in [3.8, 4) is 22.6 Å². The number of benzene rings is 2. The van der Waals surface area contributed by atoms with Crippen LogP contribution in [0.2, 0.25) is 0 Å². The third kappa shape index (κ3) is 5.13. The molecule has 4 aliphatic carbocycles. The maximum absolute atomic E-state index is 11.1. The van der Waals surface area contributed by atoms with Crippen LogP contribution in [0.4, 0.5) is 0 Å². The highest BCUT2D eigenvalue weighted by Crippen LogP contribution is 2.62. The zero-order valence-corrected chi connectivity index (χ0v) is 20.8. The van der Waals surface area contributed by atoms with Gasteiger partial charge in [-0.05, 0) is 104 Å². The van der Waals surface area contributed by atoms with Gasteiger partial charge in [-0.2, -0.15) is 0 Å². The van der Waals surface area contributed by atoms with Crippen LogP contribution >= 0.6 is 0 Å². The van der Waals surface area contributed by atoms with Gasteiger partial charge in [0.1, 0.15) is 11.5 Å². The van der Waals surface area contributed by atoms with E-state index in [0.717, 1.165) is 46.1 Å². The largest absolute Gasteiger partial charge is 0.508 e. The van der Waals surface area contributed by atoms with Crippen molar-refractivity contribution in [2.45, 2.75) is 57.3 Å². The Hall–Kier alpha value is -3.28. The van der Waals surface area contributed by atoms with Gasteiger partial charge >= 0.3 is 5.97 Å². The van der Waals surface area contributed by atoms with E-state index in [4.69, 9.17) is 9.84 Å². The van der Waals surface area contributed by atoms with E-state index in [9.17, 15) is 14.7 Å². The smallest absolute Gasteiger partial charge is 0.328 e. The summed E-state index contributed by atoms with van der Waals surface area (Å²) in [6, 6.07) is 11.6. The summed E-state index contributed by atoms with van der Waals surface area (Å²) in [6.07, 6.45) is 10.9. The summed E-state index contributed by atoms with van der Waals surface area (Å²) in [5, 5.41) is 22.8. The fraction of sp³-hybridized carbons (Fsp3) is 0.467. The van der Waals surface area contributed by atoms with Crippen molar-refractivity contribution >= 4 is 18.0 Å². The highest BCUT2D eigenvalue weighted by Gasteiger charge is 2.52. The van der Waals surface area contributed by atoms with Gasteiger partial charge in [0.2, 0.25) is 5.91 Å². The summed E-state index contributed by atoms with van der Waals surface area (Å²) in [4.78, 5) is 22.1. The average Bonchev–Trinajstić information content (AvgIpc) is 2.82. The van der Waals surface area contributed by atoms with E-state index < -0.39 is 5.97 Å². The highest BCUT2D eigenvalue weighted by atomic mass is 16.5. The van der Waals surface area contributed by atoms with Crippen molar-refractivity contribution in [2.24, 2.45) is 17.8 Å². The number of aromatic hydroxyl groups is 1. The van der Waals surface area contributed by atoms with Gasteiger partial charge in [-0.3, -0.25) is 4.79 Å². The second-order valence-corrected chi connectivity index (χ2v) is 11.0. The predicted molar refractivity (Wildman–Crippen MR) is 139 cm³/mol. The Morgan fingerprint density at radius 3 is 2.39 bits per heavy atom. The third-order valence-electron chi connectivity index (χ3n) is 8.29. The molecule has 190 valence electrons. The Kier molecular flexibility index (Phi) is 6.78. The van der Waals surface area contributed by atoms with Crippen LogP contribution < -0.4 is 10.1 Å². The molecule has 0 atom stereocenters. The average molecular weight is 490 g/mol.